The van der Waals surface area contributed by atoms with E-state index >= 15 is 0 Å². The first-order valence-electron chi connectivity index (χ1n) is 6.31. The van der Waals surface area contributed by atoms with E-state index in [0.717, 1.165) is 38.5 Å². The number of rotatable bonds is 6. The zero-order valence-corrected chi connectivity index (χ0v) is 11.0. The molecular formula is C11H24N2O2S. The third-order valence-corrected chi connectivity index (χ3v) is 5.19. The first-order chi connectivity index (χ1) is 7.61. The van der Waals surface area contributed by atoms with Crippen LogP contribution in [0.1, 0.15) is 45.4 Å². The van der Waals surface area contributed by atoms with Gasteiger partial charge in [0.1, 0.15) is 0 Å². The van der Waals surface area contributed by atoms with E-state index in [1.54, 1.807) is 4.31 Å². The summed E-state index contributed by atoms with van der Waals surface area (Å²) in [6.45, 7) is 3.28. The van der Waals surface area contributed by atoms with Crippen LogP contribution in [0.3, 0.4) is 0 Å². The normalized spacial score (nSPS) is 23.5. The third kappa shape index (κ3) is 3.71. The summed E-state index contributed by atoms with van der Waals surface area (Å²) in [7, 11) is -3.04. The minimum Gasteiger partial charge on any atom is -0.330 e. The van der Waals surface area contributed by atoms with Crippen molar-refractivity contribution in [3.05, 3.63) is 0 Å². The van der Waals surface area contributed by atoms with Crippen LogP contribution in [0.25, 0.3) is 0 Å². The van der Waals surface area contributed by atoms with Crippen LogP contribution in [-0.4, -0.2) is 37.6 Å². The highest BCUT2D eigenvalue weighted by atomic mass is 32.2. The Balaban J connectivity index is 2.66. The highest BCUT2D eigenvalue weighted by molar-refractivity contribution is 7.89. The molecule has 0 aromatic carbocycles. The average Bonchev–Trinajstić information content (AvgIpc) is 2.27. The van der Waals surface area contributed by atoms with Crippen molar-refractivity contribution < 1.29 is 8.42 Å². The summed E-state index contributed by atoms with van der Waals surface area (Å²) in [5.74, 6) is 0.296. The Labute approximate surface area is 99.2 Å². The van der Waals surface area contributed by atoms with Gasteiger partial charge in [0, 0.05) is 12.6 Å². The van der Waals surface area contributed by atoms with Gasteiger partial charge in [-0.25, -0.2) is 8.42 Å². The lowest BCUT2D eigenvalue weighted by Crippen LogP contribution is -2.45. The van der Waals surface area contributed by atoms with Gasteiger partial charge < -0.3 is 5.73 Å². The molecule has 1 unspecified atom stereocenters. The third-order valence-electron chi connectivity index (χ3n) is 3.19. The van der Waals surface area contributed by atoms with Gasteiger partial charge in [-0.2, -0.15) is 4.31 Å². The first kappa shape index (κ1) is 13.9. The number of hydrogen-bond donors (Lipinski definition) is 1. The number of hydrogen-bond acceptors (Lipinski definition) is 3. The van der Waals surface area contributed by atoms with Crippen molar-refractivity contribution >= 4 is 10.0 Å². The van der Waals surface area contributed by atoms with Crippen molar-refractivity contribution in [3.63, 3.8) is 0 Å². The molecule has 0 radical (unpaired) electrons. The number of sulfonamides is 1. The van der Waals surface area contributed by atoms with Gasteiger partial charge in [-0.3, -0.25) is 0 Å². The maximum Gasteiger partial charge on any atom is 0.214 e. The fourth-order valence-corrected chi connectivity index (χ4v) is 4.23. The molecule has 2 N–H and O–H groups in total. The SMILES string of the molecule is CCCCS(=O)(=O)N1CCCCC1CCN. The zero-order chi connectivity index (χ0) is 12.0. The molecule has 16 heavy (non-hydrogen) atoms. The van der Waals surface area contributed by atoms with E-state index in [9.17, 15) is 8.42 Å². The highest BCUT2D eigenvalue weighted by Crippen LogP contribution is 2.23. The fraction of sp³-hybridized carbons (Fsp3) is 1.00. The Kier molecular flexibility index (Phi) is 5.72. The zero-order valence-electron chi connectivity index (χ0n) is 10.2. The van der Waals surface area contributed by atoms with Crippen LogP contribution < -0.4 is 5.73 Å². The molecule has 0 aliphatic carbocycles. The smallest absolute Gasteiger partial charge is 0.214 e. The summed E-state index contributed by atoms with van der Waals surface area (Å²) < 4.78 is 25.9. The van der Waals surface area contributed by atoms with Gasteiger partial charge >= 0.3 is 0 Å². The molecule has 1 aliphatic heterocycles. The molecule has 1 heterocycles. The molecule has 0 bridgehead atoms. The van der Waals surface area contributed by atoms with Crippen LogP contribution in [0.4, 0.5) is 0 Å². The maximum atomic E-state index is 12.1. The van der Waals surface area contributed by atoms with Crippen molar-refractivity contribution in [2.45, 2.75) is 51.5 Å². The molecule has 1 rings (SSSR count). The number of nitrogens with zero attached hydrogens (tertiary/aromatic N) is 1. The van der Waals surface area contributed by atoms with E-state index in [1.807, 2.05) is 6.92 Å². The van der Waals surface area contributed by atoms with Crippen LogP contribution in [0.2, 0.25) is 0 Å². The number of nitrogens with two attached hydrogens (primary N) is 1. The number of piperidine rings is 1. The molecule has 1 saturated heterocycles. The molecular weight excluding hydrogens is 224 g/mol. The molecule has 0 saturated carbocycles. The Morgan fingerprint density at radius 1 is 1.38 bits per heavy atom. The summed E-state index contributed by atoms with van der Waals surface area (Å²) in [6.07, 6.45) is 5.58. The van der Waals surface area contributed by atoms with Gasteiger partial charge in [0.25, 0.3) is 0 Å². The van der Waals surface area contributed by atoms with Crippen molar-refractivity contribution in [1.29, 1.82) is 0 Å². The topological polar surface area (TPSA) is 63.4 Å². The van der Waals surface area contributed by atoms with Crippen LogP contribution in [0, 0.1) is 0 Å². The minimum absolute atomic E-state index is 0.153. The lowest BCUT2D eigenvalue weighted by molar-refractivity contribution is 0.243. The molecule has 0 aromatic rings. The van der Waals surface area contributed by atoms with Gasteiger partial charge in [0.05, 0.1) is 5.75 Å². The van der Waals surface area contributed by atoms with Gasteiger partial charge in [-0.1, -0.05) is 19.8 Å². The molecule has 1 atom stereocenters. The van der Waals surface area contributed by atoms with Crippen LogP contribution in [0.15, 0.2) is 0 Å². The van der Waals surface area contributed by atoms with E-state index in [1.165, 1.54) is 0 Å². The van der Waals surface area contributed by atoms with Crippen molar-refractivity contribution in [2.24, 2.45) is 5.73 Å². The summed E-state index contributed by atoms with van der Waals surface area (Å²) in [5.41, 5.74) is 5.54. The van der Waals surface area contributed by atoms with Crippen LogP contribution in [0.5, 0.6) is 0 Å². The molecule has 0 aromatic heterocycles. The Morgan fingerprint density at radius 3 is 2.75 bits per heavy atom. The predicted octanol–water partition coefficient (Wildman–Crippen LogP) is 1.32. The maximum absolute atomic E-state index is 12.1. The van der Waals surface area contributed by atoms with Crippen LogP contribution >= 0.6 is 0 Å². The predicted molar refractivity (Wildman–Crippen MR) is 66.7 cm³/mol. The van der Waals surface area contributed by atoms with E-state index in [2.05, 4.69) is 0 Å². The molecule has 1 aliphatic rings. The monoisotopic (exact) mass is 248 g/mol. The standard InChI is InChI=1S/C11H24N2O2S/c1-2-3-10-16(14,15)13-9-5-4-6-11(13)7-8-12/h11H,2-10,12H2,1H3. The Morgan fingerprint density at radius 2 is 2.12 bits per heavy atom. The molecule has 0 spiro atoms. The second-order valence-electron chi connectivity index (χ2n) is 4.51. The van der Waals surface area contributed by atoms with Crippen molar-refractivity contribution in [1.82, 2.24) is 4.31 Å². The second kappa shape index (κ2) is 6.57. The van der Waals surface area contributed by atoms with Crippen molar-refractivity contribution in [3.8, 4) is 0 Å². The largest absolute Gasteiger partial charge is 0.330 e. The Bertz CT molecular complexity index is 288. The van der Waals surface area contributed by atoms with Gasteiger partial charge in [-0.05, 0) is 32.2 Å². The summed E-state index contributed by atoms with van der Waals surface area (Å²) in [5, 5.41) is 0. The highest BCUT2D eigenvalue weighted by Gasteiger charge is 2.30. The van der Waals surface area contributed by atoms with E-state index in [-0.39, 0.29) is 6.04 Å². The fourth-order valence-electron chi connectivity index (χ4n) is 2.27. The minimum atomic E-state index is -3.04. The molecule has 4 nitrogen and oxygen atoms in total. The summed E-state index contributed by atoms with van der Waals surface area (Å²) in [6, 6.07) is 0.153. The molecule has 1 fully saturated rings. The average molecular weight is 248 g/mol. The van der Waals surface area contributed by atoms with E-state index in [0.29, 0.717) is 18.8 Å². The molecule has 5 heteroatoms. The lowest BCUT2D eigenvalue weighted by atomic mass is 10.0. The van der Waals surface area contributed by atoms with Crippen molar-refractivity contribution in [2.75, 3.05) is 18.8 Å². The van der Waals surface area contributed by atoms with Gasteiger partial charge in [0.2, 0.25) is 10.0 Å². The van der Waals surface area contributed by atoms with Gasteiger partial charge in [-0.15, -0.1) is 0 Å². The molecule has 0 amide bonds. The Hall–Kier alpha value is -0.130. The summed E-state index contributed by atoms with van der Waals surface area (Å²) in [4.78, 5) is 0. The quantitative estimate of drug-likeness (QED) is 0.771. The second-order valence-corrected chi connectivity index (χ2v) is 6.55. The van der Waals surface area contributed by atoms with Gasteiger partial charge in [0.15, 0.2) is 0 Å². The lowest BCUT2D eigenvalue weighted by Gasteiger charge is -2.34. The first-order valence-corrected chi connectivity index (χ1v) is 7.92. The molecule has 96 valence electrons. The van der Waals surface area contributed by atoms with Crippen LogP contribution in [-0.2, 0) is 10.0 Å². The number of unbranched alkanes of at least 4 members (excludes halogenated alkanes) is 1. The summed E-state index contributed by atoms with van der Waals surface area (Å²) >= 11 is 0. The van der Waals surface area contributed by atoms with E-state index < -0.39 is 10.0 Å². The van der Waals surface area contributed by atoms with E-state index in [4.69, 9.17) is 5.73 Å².